The van der Waals surface area contributed by atoms with Gasteiger partial charge in [0.2, 0.25) is 0 Å². The molecule has 0 atom stereocenters. The highest BCUT2D eigenvalue weighted by Gasteiger charge is 2.11. The van der Waals surface area contributed by atoms with Crippen LogP contribution >= 0.6 is 27.3 Å². The van der Waals surface area contributed by atoms with E-state index in [4.69, 9.17) is 0 Å². The summed E-state index contributed by atoms with van der Waals surface area (Å²) in [4.78, 5) is 12.4. The van der Waals surface area contributed by atoms with Crippen LogP contribution in [0, 0.1) is 0 Å². The summed E-state index contributed by atoms with van der Waals surface area (Å²) < 4.78 is 2.12. The predicted molar refractivity (Wildman–Crippen MR) is 84.0 cm³/mol. The minimum atomic E-state index is 0.176. The van der Waals surface area contributed by atoms with Gasteiger partial charge in [-0.3, -0.25) is 4.79 Å². The normalized spacial score (nSPS) is 10.8. The molecule has 0 N–H and O–H groups in total. The molecular weight excluding hydrogens is 320 g/mol. The lowest BCUT2D eigenvalue weighted by Crippen LogP contribution is -2.03. The van der Waals surface area contributed by atoms with E-state index in [9.17, 15) is 4.79 Å². The van der Waals surface area contributed by atoms with Crippen LogP contribution in [0.4, 0.5) is 0 Å². The number of fused-ring (bicyclic) bond motifs is 1. The van der Waals surface area contributed by atoms with Crippen molar-refractivity contribution in [1.29, 1.82) is 0 Å². The highest BCUT2D eigenvalue weighted by molar-refractivity contribution is 9.10. The quantitative estimate of drug-likeness (QED) is 0.611. The molecule has 0 saturated carbocycles. The Morgan fingerprint density at radius 3 is 2.63 bits per heavy atom. The molecule has 0 unspecified atom stereocenters. The summed E-state index contributed by atoms with van der Waals surface area (Å²) in [6.07, 6.45) is 0.449. The van der Waals surface area contributed by atoms with Gasteiger partial charge in [0.25, 0.3) is 0 Å². The van der Waals surface area contributed by atoms with Gasteiger partial charge in [-0.15, -0.1) is 11.3 Å². The largest absolute Gasteiger partial charge is 0.294 e. The van der Waals surface area contributed by atoms with E-state index in [1.54, 1.807) is 11.3 Å². The van der Waals surface area contributed by atoms with E-state index in [2.05, 4.69) is 22.0 Å². The van der Waals surface area contributed by atoms with Gasteiger partial charge in [0.05, 0.1) is 0 Å². The highest BCUT2D eigenvalue weighted by Crippen LogP contribution is 2.25. The number of hydrogen-bond donors (Lipinski definition) is 0. The molecule has 0 aliphatic rings. The average molecular weight is 331 g/mol. The smallest absolute Gasteiger partial charge is 0.168 e. The SMILES string of the molecule is O=C(Cc1ccc(Br)cc1)c1cccc2ccsc12. The zero-order valence-electron chi connectivity index (χ0n) is 10.1. The van der Waals surface area contributed by atoms with Gasteiger partial charge >= 0.3 is 0 Å². The fourth-order valence-electron chi connectivity index (χ4n) is 2.10. The van der Waals surface area contributed by atoms with Gasteiger partial charge in [0, 0.05) is 21.2 Å². The van der Waals surface area contributed by atoms with E-state index in [1.165, 1.54) is 0 Å². The molecule has 0 radical (unpaired) electrons. The van der Waals surface area contributed by atoms with Crippen molar-refractivity contribution in [1.82, 2.24) is 0 Å². The van der Waals surface area contributed by atoms with Crippen molar-refractivity contribution in [2.24, 2.45) is 0 Å². The lowest BCUT2D eigenvalue weighted by molar-refractivity contribution is 0.0994. The van der Waals surface area contributed by atoms with Gasteiger partial charge in [0.1, 0.15) is 0 Å². The molecule has 0 saturated heterocycles. The number of benzene rings is 2. The van der Waals surface area contributed by atoms with Crippen molar-refractivity contribution in [3.8, 4) is 0 Å². The second-order valence-corrected chi connectivity index (χ2v) is 6.20. The summed E-state index contributed by atoms with van der Waals surface area (Å²) >= 11 is 5.03. The van der Waals surface area contributed by atoms with Gasteiger partial charge in [0.15, 0.2) is 5.78 Å². The van der Waals surface area contributed by atoms with Crippen molar-refractivity contribution >= 4 is 43.1 Å². The fraction of sp³-hybridized carbons (Fsp3) is 0.0625. The van der Waals surface area contributed by atoms with E-state index in [-0.39, 0.29) is 5.78 Å². The Morgan fingerprint density at radius 2 is 1.84 bits per heavy atom. The van der Waals surface area contributed by atoms with Crippen molar-refractivity contribution in [2.75, 3.05) is 0 Å². The summed E-state index contributed by atoms with van der Waals surface area (Å²) in [7, 11) is 0. The third kappa shape index (κ3) is 2.62. The van der Waals surface area contributed by atoms with Crippen LogP contribution in [-0.4, -0.2) is 5.78 Å². The van der Waals surface area contributed by atoms with Crippen LogP contribution < -0.4 is 0 Å². The molecule has 3 aromatic rings. The van der Waals surface area contributed by atoms with Crippen LogP contribution in [0.15, 0.2) is 58.4 Å². The monoisotopic (exact) mass is 330 g/mol. The molecule has 3 heteroatoms. The minimum absolute atomic E-state index is 0.176. The molecule has 0 aliphatic heterocycles. The zero-order chi connectivity index (χ0) is 13.2. The number of hydrogen-bond acceptors (Lipinski definition) is 2. The topological polar surface area (TPSA) is 17.1 Å². The Balaban J connectivity index is 1.92. The number of Topliss-reactive ketones (excluding diaryl/α,β-unsaturated/α-hetero) is 1. The molecule has 0 spiro atoms. The second-order valence-electron chi connectivity index (χ2n) is 4.37. The van der Waals surface area contributed by atoms with Crippen molar-refractivity contribution in [2.45, 2.75) is 6.42 Å². The van der Waals surface area contributed by atoms with Crippen LogP contribution in [0.3, 0.4) is 0 Å². The maximum Gasteiger partial charge on any atom is 0.168 e. The zero-order valence-corrected chi connectivity index (χ0v) is 12.5. The maximum atomic E-state index is 12.4. The van der Waals surface area contributed by atoms with Crippen LogP contribution in [0.2, 0.25) is 0 Å². The molecule has 1 aromatic heterocycles. The molecule has 94 valence electrons. The van der Waals surface area contributed by atoms with Gasteiger partial charge in [-0.25, -0.2) is 0 Å². The summed E-state index contributed by atoms with van der Waals surface area (Å²) in [5, 5.41) is 3.17. The predicted octanol–water partition coefficient (Wildman–Crippen LogP) is 5.09. The lowest BCUT2D eigenvalue weighted by atomic mass is 10.0. The molecular formula is C16H11BrOS. The van der Waals surface area contributed by atoms with Crippen molar-refractivity contribution < 1.29 is 4.79 Å². The van der Waals surface area contributed by atoms with Gasteiger partial charge in [-0.1, -0.05) is 40.2 Å². The van der Waals surface area contributed by atoms with Gasteiger partial charge < -0.3 is 0 Å². The number of ketones is 1. The average Bonchev–Trinajstić information content (AvgIpc) is 2.89. The Morgan fingerprint density at radius 1 is 1.05 bits per heavy atom. The van der Waals surface area contributed by atoms with E-state index in [1.807, 2.05) is 47.8 Å². The van der Waals surface area contributed by atoms with Gasteiger partial charge in [-0.2, -0.15) is 0 Å². The van der Waals surface area contributed by atoms with Gasteiger partial charge in [-0.05, 0) is 40.6 Å². The second kappa shape index (κ2) is 5.27. The van der Waals surface area contributed by atoms with E-state index >= 15 is 0 Å². The molecule has 0 fully saturated rings. The highest BCUT2D eigenvalue weighted by atomic mass is 79.9. The lowest BCUT2D eigenvalue weighted by Gasteiger charge is -2.03. The first-order chi connectivity index (χ1) is 9.24. The van der Waals surface area contributed by atoms with E-state index < -0.39 is 0 Å². The number of carbonyl (C=O) groups is 1. The molecule has 2 aromatic carbocycles. The summed E-state index contributed by atoms with van der Waals surface area (Å²) in [6.45, 7) is 0. The first-order valence-corrected chi connectivity index (χ1v) is 7.65. The first kappa shape index (κ1) is 12.6. The number of carbonyl (C=O) groups excluding carboxylic acids is 1. The Labute approximate surface area is 124 Å². The molecule has 1 heterocycles. The first-order valence-electron chi connectivity index (χ1n) is 5.98. The minimum Gasteiger partial charge on any atom is -0.294 e. The van der Waals surface area contributed by atoms with Crippen LogP contribution in [-0.2, 0) is 6.42 Å². The third-order valence-corrected chi connectivity index (χ3v) is 4.55. The number of thiophene rings is 1. The molecule has 1 nitrogen and oxygen atoms in total. The molecule has 0 amide bonds. The fourth-order valence-corrected chi connectivity index (χ4v) is 3.29. The molecule has 3 rings (SSSR count). The Bertz CT molecular complexity index is 728. The molecule has 0 bridgehead atoms. The van der Waals surface area contributed by atoms with Crippen molar-refractivity contribution in [3.05, 3.63) is 69.5 Å². The number of rotatable bonds is 3. The van der Waals surface area contributed by atoms with E-state index in [0.717, 1.165) is 25.7 Å². The van der Waals surface area contributed by atoms with E-state index in [0.29, 0.717) is 6.42 Å². The van der Waals surface area contributed by atoms with Crippen molar-refractivity contribution in [3.63, 3.8) is 0 Å². The van der Waals surface area contributed by atoms with Crippen LogP contribution in [0.1, 0.15) is 15.9 Å². The summed E-state index contributed by atoms with van der Waals surface area (Å²) in [5.41, 5.74) is 1.87. The van der Waals surface area contributed by atoms with Crippen LogP contribution in [0.5, 0.6) is 0 Å². The third-order valence-electron chi connectivity index (χ3n) is 3.06. The molecule has 19 heavy (non-hydrogen) atoms. The summed E-state index contributed by atoms with van der Waals surface area (Å²) in [5.74, 6) is 0.176. The number of halogens is 1. The Kier molecular flexibility index (Phi) is 3.49. The van der Waals surface area contributed by atoms with Crippen LogP contribution in [0.25, 0.3) is 10.1 Å². The summed E-state index contributed by atoms with van der Waals surface area (Å²) in [6, 6.07) is 15.9. The standard InChI is InChI=1S/C16H11BrOS/c17-13-6-4-11(5-7-13)10-15(18)14-3-1-2-12-8-9-19-16(12)14/h1-9H,10H2. The maximum absolute atomic E-state index is 12.4. The Hall–Kier alpha value is -1.45. The molecule has 0 aliphatic carbocycles.